The third-order valence-corrected chi connectivity index (χ3v) is 4.33. The second kappa shape index (κ2) is 5.87. The fourth-order valence-corrected chi connectivity index (χ4v) is 3.03. The fourth-order valence-electron chi connectivity index (χ4n) is 1.63. The molecule has 0 bridgehead atoms. The molecule has 6 nitrogen and oxygen atoms in total. The number of nitrogens with one attached hydrogen (secondary N) is 2. The second-order valence-electron chi connectivity index (χ2n) is 4.03. The monoisotopic (exact) mass is 304 g/mol. The lowest BCUT2D eigenvalue weighted by molar-refractivity contribution is -0.124. The van der Waals surface area contributed by atoms with E-state index in [9.17, 15) is 13.2 Å². The number of hydrogen-bond donors (Lipinski definition) is 2. The van der Waals surface area contributed by atoms with Gasteiger partial charge in [0.15, 0.2) is 0 Å². The first-order valence-corrected chi connectivity index (χ1v) is 7.63. The van der Waals surface area contributed by atoms with E-state index >= 15 is 0 Å². The molecule has 0 spiro atoms. The van der Waals surface area contributed by atoms with Gasteiger partial charge in [-0.05, 0) is 24.1 Å². The number of carbonyl (C=O) groups is 1. The first-order chi connectivity index (χ1) is 9.03. The molecule has 0 aromatic heterocycles. The van der Waals surface area contributed by atoms with Gasteiger partial charge in [0.2, 0.25) is 10.0 Å². The smallest absolute Gasteiger partial charge is 0.264 e. The highest BCUT2D eigenvalue weighted by atomic mass is 35.5. The number of hydroxylamine groups is 1. The summed E-state index contributed by atoms with van der Waals surface area (Å²) in [5.74, 6) is -0.0217. The molecule has 0 saturated carbocycles. The van der Waals surface area contributed by atoms with Gasteiger partial charge in [0, 0.05) is 5.88 Å². The standard InChI is InChI=1S/C11H13ClN2O4S/c12-6-5-8-1-3-9(4-2-8)19(16,17)14-10-7-18-13-11(10)15/h1-4,10,14H,5-7H2,(H,13,15)/t10-/m1/s1. The van der Waals surface area contributed by atoms with Crippen LogP contribution in [-0.2, 0) is 26.1 Å². The highest BCUT2D eigenvalue weighted by molar-refractivity contribution is 7.89. The molecule has 8 heteroatoms. The Balaban J connectivity index is 2.12. The van der Waals surface area contributed by atoms with Gasteiger partial charge in [0.25, 0.3) is 5.91 Å². The van der Waals surface area contributed by atoms with Crippen molar-refractivity contribution in [1.82, 2.24) is 10.2 Å². The van der Waals surface area contributed by atoms with Crippen LogP contribution in [0.1, 0.15) is 5.56 Å². The summed E-state index contributed by atoms with van der Waals surface area (Å²) in [6.45, 7) is -0.0254. The Labute approximate surface area is 116 Å². The van der Waals surface area contributed by atoms with Crippen molar-refractivity contribution < 1.29 is 18.0 Å². The van der Waals surface area contributed by atoms with Gasteiger partial charge >= 0.3 is 0 Å². The Kier molecular flexibility index (Phi) is 4.41. The Morgan fingerprint density at radius 3 is 2.58 bits per heavy atom. The van der Waals surface area contributed by atoms with Crippen LogP contribution in [0.5, 0.6) is 0 Å². The van der Waals surface area contributed by atoms with Crippen molar-refractivity contribution in [3.63, 3.8) is 0 Å². The maximum absolute atomic E-state index is 12.0. The third kappa shape index (κ3) is 3.44. The molecule has 19 heavy (non-hydrogen) atoms. The molecule has 0 aliphatic carbocycles. The van der Waals surface area contributed by atoms with Crippen LogP contribution in [0.3, 0.4) is 0 Å². The topological polar surface area (TPSA) is 84.5 Å². The van der Waals surface area contributed by atoms with E-state index in [-0.39, 0.29) is 11.5 Å². The maximum atomic E-state index is 12.0. The van der Waals surface area contributed by atoms with E-state index in [0.717, 1.165) is 5.56 Å². The summed E-state index contributed by atoms with van der Waals surface area (Å²) in [4.78, 5) is 16.0. The first-order valence-electron chi connectivity index (χ1n) is 5.62. The molecule has 1 aliphatic rings. The predicted molar refractivity (Wildman–Crippen MR) is 69.1 cm³/mol. The number of rotatable bonds is 5. The van der Waals surface area contributed by atoms with E-state index in [1.54, 1.807) is 12.1 Å². The van der Waals surface area contributed by atoms with Gasteiger partial charge in [-0.2, -0.15) is 4.72 Å². The minimum Gasteiger partial charge on any atom is -0.271 e. The molecular weight excluding hydrogens is 292 g/mol. The van der Waals surface area contributed by atoms with Gasteiger partial charge in [-0.15, -0.1) is 11.6 Å². The van der Waals surface area contributed by atoms with E-state index in [4.69, 9.17) is 11.6 Å². The molecule has 0 radical (unpaired) electrons. The van der Waals surface area contributed by atoms with Crippen LogP contribution in [0, 0.1) is 0 Å². The van der Waals surface area contributed by atoms with Gasteiger partial charge in [-0.1, -0.05) is 12.1 Å². The minimum atomic E-state index is -3.73. The van der Waals surface area contributed by atoms with Gasteiger partial charge in [0.05, 0.1) is 4.90 Å². The van der Waals surface area contributed by atoms with Crippen molar-refractivity contribution >= 4 is 27.5 Å². The van der Waals surface area contributed by atoms with Crippen LogP contribution in [0.25, 0.3) is 0 Å². The molecular formula is C11H13ClN2O4S. The summed E-state index contributed by atoms with van der Waals surface area (Å²) < 4.78 is 26.3. The van der Waals surface area contributed by atoms with Crippen LogP contribution in [0.2, 0.25) is 0 Å². The molecule has 1 atom stereocenters. The minimum absolute atomic E-state index is 0.0254. The number of sulfonamides is 1. The molecule has 1 saturated heterocycles. The molecule has 0 unspecified atom stereocenters. The summed E-state index contributed by atoms with van der Waals surface area (Å²) in [7, 11) is -3.73. The predicted octanol–water partition coefficient (Wildman–Crippen LogP) is 0.176. The Bertz CT molecular complexity index is 559. The zero-order chi connectivity index (χ0) is 13.9. The van der Waals surface area contributed by atoms with Crippen molar-refractivity contribution in [3.8, 4) is 0 Å². The Morgan fingerprint density at radius 2 is 2.05 bits per heavy atom. The van der Waals surface area contributed by atoms with Gasteiger partial charge in [-0.3, -0.25) is 9.63 Å². The highest BCUT2D eigenvalue weighted by Crippen LogP contribution is 2.12. The normalized spacial score (nSPS) is 19.4. The van der Waals surface area contributed by atoms with Gasteiger partial charge < -0.3 is 0 Å². The summed E-state index contributed by atoms with van der Waals surface area (Å²) in [6, 6.07) is 5.47. The van der Waals surface area contributed by atoms with Crippen LogP contribution >= 0.6 is 11.6 Å². The van der Waals surface area contributed by atoms with Crippen LogP contribution in [0.4, 0.5) is 0 Å². The van der Waals surface area contributed by atoms with E-state index in [2.05, 4.69) is 15.0 Å². The zero-order valence-electron chi connectivity index (χ0n) is 9.93. The lowest BCUT2D eigenvalue weighted by atomic mass is 10.2. The summed E-state index contributed by atoms with van der Waals surface area (Å²) in [5, 5.41) is 0. The summed E-state index contributed by atoms with van der Waals surface area (Å²) in [5.41, 5.74) is 3.04. The van der Waals surface area contributed by atoms with Gasteiger partial charge in [-0.25, -0.2) is 13.9 Å². The molecule has 1 aliphatic heterocycles. The van der Waals surface area contributed by atoms with Gasteiger partial charge in [0.1, 0.15) is 12.6 Å². The fraction of sp³-hybridized carbons (Fsp3) is 0.364. The molecule has 1 heterocycles. The molecule has 2 rings (SSSR count). The molecule has 1 amide bonds. The lowest BCUT2D eigenvalue weighted by Crippen LogP contribution is -2.41. The van der Waals surface area contributed by atoms with Crippen molar-refractivity contribution in [1.29, 1.82) is 0 Å². The van der Waals surface area contributed by atoms with Crippen molar-refractivity contribution in [3.05, 3.63) is 29.8 Å². The number of halogens is 1. The Hall–Kier alpha value is -1.15. The molecule has 1 aromatic rings. The van der Waals surface area contributed by atoms with Crippen LogP contribution in [0.15, 0.2) is 29.2 Å². The summed E-state index contributed by atoms with van der Waals surface area (Å²) in [6.07, 6.45) is 0.675. The number of alkyl halides is 1. The largest absolute Gasteiger partial charge is 0.271 e. The number of carbonyl (C=O) groups excluding carboxylic acids is 1. The van der Waals surface area contributed by atoms with Crippen molar-refractivity contribution in [2.75, 3.05) is 12.5 Å². The van der Waals surface area contributed by atoms with E-state index < -0.39 is 22.0 Å². The second-order valence-corrected chi connectivity index (χ2v) is 6.13. The zero-order valence-corrected chi connectivity index (χ0v) is 11.5. The molecule has 2 N–H and O–H groups in total. The van der Waals surface area contributed by atoms with Crippen molar-refractivity contribution in [2.24, 2.45) is 0 Å². The van der Waals surface area contributed by atoms with E-state index in [0.29, 0.717) is 12.3 Å². The summed E-state index contributed by atoms with van der Waals surface area (Å²) >= 11 is 5.61. The average molecular weight is 305 g/mol. The molecule has 104 valence electrons. The molecule has 1 fully saturated rings. The average Bonchev–Trinajstić information content (AvgIpc) is 2.75. The maximum Gasteiger partial charge on any atom is 0.264 e. The number of amides is 1. The molecule has 1 aromatic carbocycles. The Morgan fingerprint density at radius 1 is 1.37 bits per heavy atom. The lowest BCUT2D eigenvalue weighted by Gasteiger charge is -2.09. The number of benzene rings is 1. The SMILES string of the molecule is O=C1NOC[C@H]1NS(=O)(=O)c1ccc(CCCl)cc1. The van der Waals surface area contributed by atoms with E-state index in [1.807, 2.05) is 0 Å². The van der Waals surface area contributed by atoms with Crippen molar-refractivity contribution in [2.45, 2.75) is 17.4 Å². The number of aryl methyl sites for hydroxylation is 1. The van der Waals surface area contributed by atoms with E-state index in [1.165, 1.54) is 12.1 Å². The highest BCUT2D eigenvalue weighted by Gasteiger charge is 2.30. The third-order valence-electron chi connectivity index (χ3n) is 2.65. The van der Waals surface area contributed by atoms with Crippen LogP contribution < -0.4 is 10.2 Å². The number of hydrogen-bond acceptors (Lipinski definition) is 4. The quantitative estimate of drug-likeness (QED) is 0.760. The first kappa shape index (κ1) is 14.3. The van der Waals surface area contributed by atoms with Crippen LogP contribution in [-0.4, -0.2) is 32.9 Å².